The molecule has 1 aromatic rings. The molecule has 1 aliphatic heterocycles. The van der Waals surface area contributed by atoms with Gasteiger partial charge in [0.1, 0.15) is 11.5 Å². The smallest absolute Gasteiger partial charge is 0.123 e. The summed E-state index contributed by atoms with van der Waals surface area (Å²) in [6.45, 7) is 2.90. The first kappa shape index (κ1) is 9.74. The molecule has 3 heteroatoms. The molecule has 2 atom stereocenters. The number of hydrogen-bond donors (Lipinski definition) is 1. The summed E-state index contributed by atoms with van der Waals surface area (Å²) in [5, 5.41) is 0. The van der Waals surface area contributed by atoms with Gasteiger partial charge >= 0.3 is 0 Å². The maximum absolute atomic E-state index is 6.05. The molecule has 1 aromatic heterocycles. The van der Waals surface area contributed by atoms with E-state index in [1.54, 1.807) is 0 Å². The Morgan fingerprint density at radius 3 is 3.00 bits per heavy atom. The van der Waals surface area contributed by atoms with Gasteiger partial charge < -0.3 is 14.9 Å². The number of hydrogen-bond acceptors (Lipinski definition) is 3. The Morgan fingerprint density at radius 1 is 1.57 bits per heavy atom. The van der Waals surface area contributed by atoms with Crippen molar-refractivity contribution in [3.8, 4) is 0 Å². The molecular formula is C11H17NO2. The van der Waals surface area contributed by atoms with Crippen molar-refractivity contribution in [2.45, 2.75) is 38.3 Å². The van der Waals surface area contributed by atoms with Crippen LogP contribution in [0.3, 0.4) is 0 Å². The van der Waals surface area contributed by atoms with Crippen molar-refractivity contribution in [2.75, 3.05) is 6.61 Å². The lowest BCUT2D eigenvalue weighted by atomic mass is 10.1. The molecule has 0 spiro atoms. The third kappa shape index (κ3) is 1.83. The molecule has 0 saturated carbocycles. The third-order valence-corrected chi connectivity index (χ3v) is 2.72. The zero-order chi connectivity index (χ0) is 9.97. The minimum absolute atomic E-state index is 0.0993. The average molecular weight is 195 g/mol. The molecular weight excluding hydrogens is 178 g/mol. The highest BCUT2D eigenvalue weighted by atomic mass is 16.5. The highest BCUT2D eigenvalue weighted by Crippen LogP contribution is 2.26. The Bertz CT molecular complexity index is 289. The first-order valence-electron chi connectivity index (χ1n) is 5.27. The van der Waals surface area contributed by atoms with E-state index in [0.29, 0.717) is 0 Å². The zero-order valence-corrected chi connectivity index (χ0v) is 8.53. The SMILES string of the molecule is CCc1ccc(C(N)C2CCCO2)o1. The fourth-order valence-corrected chi connectivity index (χ4v) is 1.83. The topological polar surface area (TPSA) is 48.4 Å². The predicted octanol–water partition coefficient (Wildman–Crippen LogP) is 2.02. The fourth-order valence-electron chi connectivity index (χ4n) is 1.83. The van der Waals surface area contributed by atoms with E-state index in [4.69, 9.17) is 14.9 Å². The maximum atomic E-state index is 6.05. The molecule has 1 aliphatic rings. The van der Waals surface area contributed by atoms with Crippen LogP contribution in [0.2, 0.25) is 0 Å². The van der Waals surface area contributed by atoms with Gasteiger partial charge in [0.15, 0.2) is 0 Å². The van der Waals surface area contributed by atoms with E-state index in [1.165, 1.54) is 0 Å². The van der Waals surface area contributed by atoms with Gasteiger partial charge in [-0.05, 0) is 25.0 Å². The lowest BCUT2D eigenvalue weighted by Gasteiger charge is -2.15. The van der Waals surface area contributed by atoms with Gasteiger partial charge in [0, 0.05) is 13.0 Å². The van der Waals surface area contributed by atoms with Gasteiger partial charge in [-0.2, -0.15) is 0 Å². The van der Waals surface area contributed by atoms with Crippen LogP contribution in [0.25, 0.3) is 0 Å². The monoisotopic (exact) mass is 195 g/mol. The molecule has 0 aromatic carbocycles. The second-order valence-electron chi connectivity index (χ2n) is 3.73. The summed E-state index contributed by atoms with van der Waals surface area (Å²) < 4.78 is 11.1. The van der Waals surface area contributed by atoms with Crippen LogP contribution in [-0.2, 0) is 11.2 Å². The number of furan rings is 1. The predicted molar refractivity (Wildman–Crippen MR) is 54.0 cm³/mol. The molecule has 1 saturated heterocycles. The minimum Gasteiger partial charge on any atom is -0.464 e. The van der Waals surface area contributed by atoms with Crippen molar-refractivity contribution in [1.82, 2.24) is 0 Å². The van der Waals surface area contributed by atoms with E-state index in [2.05, 4.69) is 6.92 Å². The first-order valence-corrected chi connectivity index (χ1v) is 5.27. The van der Waals surface area contributed by atoms with Crippen LogP contribution in [0.1, 0.15) is 37.3 Å². The van der Waals surface area contributed by atoms with E-state index in [-0.39, 0.29) is 12.1 Å². The summed E-state index contributed by atoms with van der Waals surface area (Å²) in [5.74, 6) is 1.85. The maximum Gasteiger partial charge on any atom is 0.123 e. The van der Waals surface area contributed by atoms with Crippen LogP contribution in [0.5, 0.6) is 0 Å². The summed E-state index contributed by atoms with van der Waals surface area (Å²) in [7, 11) is 0. The first-order chi connectivity index (χ1) is 6.81. The van der Waals surface area contributed by atoms with Crippen LogP contribution in [0.4, 0.5) is 0 Å². The Hall–Kier alpha value is -0.800. The third-order valence-electron chi connectivity index (χ3n) is 2.72. The summed E-state index contributed by atoms with van der Waals surface area (Å²) >= 11 is 0. The van der Waals surface area contributed by atoms with Gasteiger partial charge in [0.05, 0.1) is 12.1 Å². The Morgan fingerprint density at radius 2 is 2.43 bits per heavy atom. The molecule has 2 N–H and O–H groups in total. The summed E-state index contributed by atoms with van der Waals surface area (Å²) in [4.78, 5) is 0. The van der Waals surface area contributed by atoms with Crippen molar-refractivity contribution in [3.63, 3.8) is 0 Å². The van der Waals surface area contributed by atoms with Gasteiger partial charge in [0.2, 0.25) is 0 Å². The number of aryl methyl sites for hydroxylation is 1. The molecule has 0 bridgehead atoms. The van der Waals surface area contributed by atoms with Crippen molar-refractivity contribution >= 4 is 0 Å². The van der Waals surface area contributed by atoms with Crippen LogP contribution in [0, 0.1) is 0 Å². The quantitative estimate of drug-likeness (QED) is 0.802. The molecule has 78 valence electrons. The Kier molecular flexibility index (Phi) is 2.89. The van der Waals surface area contributed by atoms with Gasteiger partial charge in [-0.15, -0.1) is 0 Å². The number of rotatable bonds is 3. The minimum atomic E-state index is -0.0993. The van der Waals surface area contributed by atoms with Crippen LogP contribution < -0.4 is 5.73 Å². The van der Waals surface area contributed by atoms with E-state index in [0.717, 1.165) is 37.4 Å². The number of ether oxygens (including phenoxy) is 1. The van der Waals surface area contributed by atoms with Crippen molar-refractivity contribution in [1.29, 1.82) is 0 Å². The van der Waals surface area contributed by atoms with Crippen LogP contribution in [-0.4, -0.2) is 12.7 Å². The molecule has 2 rings (SSSR count). The molecule has 0 aliphatic carbocycles. The van der Waals surface area contributed by atoms with E-state index >= 15 is 0 Å². The van der Waals surface area contributed by atoms with Crippen molar-refractivity contribution in [3.05, 3.63) is 23.7 Å². The molecule has 3 nitrogen and oxygen atoms in total. The molecule has 1 fully saturated rings. The molecule has 2 heterocycles. The lowest BCUT2D eigenvalue weighted by molar-refractivity contribution is 0.0835. The second kappa shape index (κ2) is 4.15. The Labute approximate surface area is 84.2 Å². The van der Waals surface area contributed by atoms with E-state index < -0.39 is 0 Å². The van der Waals surface area contributed by atoms with Crippen LogP contribution >= 0.6 is 0 Å². The normalized spacial score (nSPS) is 24.0. The molecule has 0 amide bonds. The summed E-state index contributed by atoms with van der Waals surface area (Å²) in [6.07, 6.45) is 3.22. The zero-order valence-electron chi connectivity index (χ0n) is 8.53. The van der Waals surface area contributed by atoms with Gasteiger partial charge in [-0.25, -0.2) is 0 Å². The van der Waals surface area contributed by atoms with Crippen molar-refractivity contribution in [2.24, 2.45) is 5.73 Å². The summed E-state index contributed by atoms with van der Waals surface area (Å²) in [6, 6.07) is 3.85. The number of nitrogens with two attached hydrogens (primary N) is 1. The highest BCUT2D eigenvalue weighted by Gasteiger charge is 2.26. The second-order valence-corrected chi connectivity index (χ2v) is 3.73. The lowest BCUT2D eigenvalue weighted by Crippen LogP contribution is -2.24. The van der Waals surface area contributed by atoms with Gasteiger partial charge in [-0.3, -0.25) is 0 Å². The fraction of sp³-hybridized carbons (Fsp3) is 0.636. The largest absolute Gasteiger partial charge is 0.464 e. The highest BCUT2D eigenvalue weighted by molar-refractivity contribution is 5.12. The average Bonchev–Trinajstić information content (AvgIpc) is 2.88. The van der Waals surface area contributed by atoms with E-state index in [1.807, 2.05) is 12.1 Å². The van der Waals surface area contributed by atoms with Gasteiger partial charge in [-0.1, -0.05) is 6.92 Å². The Balaban J connectivity index is 2.05. The molecule has 14 heavy (non-hydrogen) atoms. The van der Waals surface area contributed by atoms with E-state index in [9.17, 15) is 0 Å². The molecule has 0 radical (unpaired) electrons. The van der Waals surface area contributed by atoms with Crippen LogP contribution in [0.15, 0.2) is 16.5 Å². The van der Waals surface area contributed by atoms with Crippen molar-refractivity contribution < 1.29 is 9.15 Å². The standard InChI is InChI=1S/C11H17NO2/c1-2-8-5-6-10(14-8)11(12)9-4-3-7-13-9/h5-6,9,11H,2-4,7,12H2,1H3. The summed E-state index contributed by atoms with van der Waals surface area (Å²) in [5.41, 5.74) is 6.05. The van der Waals surface area contributed by atoms with Gasteiger partial charge in [0.25, 0.3) is 0 Å². The molecule has 2 unspecified atom stereocenters.